The Hall–Kier alpha value is -0.380. The van der Waals surface area contributed by atoms with Gasteiger partial charge in [0.15, 0.2) is 0 Å². The Bertz CT molecular complexity index is 335. The van der Waals surface area contributed by atoms with Crippen molar-refractivity contribution in [1.82, 2.24) is 0 Å². The topological polar surface area (TPSA) is 20.2 Å². The molecule has 0 amide bonds. The molecule has 0 fully saturated rings. The van der Waals surface area contributed by atoms with Crippen LogP contribution in [-0.2, 0) is 0 Å². The first kappa shape index (κ1) is 13.7. The van der Waals surface area contributed by atoms with Gasteiger partial charge < -0.3 is 5.11 Å². The molecule has 1 nitrogen and oxygen atoms in total. The van der Waals surface area contributed by atoms with Gasteiger partial charge in [-0.25, -0.2) is 0 Å². The fraction of sp³-hybridized carbons (Fsp3) is 0.462. The predicted molar refractivity (Wildman–Crippen MR) is 75.9 cm³/mol. The zero-order chi connectivity index (χ0) is 12.1. The quantitative estimate of drug-likeness (QED) is 0.825. The van der Waals surface area contributed by atoms with Crippen LogP contribution >= 0.6 is 24.0 Å². The summed E-state index contributed by atoms with van der Waals surface area (Å²) in [7, 11) is 0. The number of thioether (sulfide) groups is 1. The van der Waals surface area contributed by atoms with Gasteiger partial charge in [-0.15, -0.1) is 11.8 Å². The maximum atomic E-state index is 10.2. The van der Waals surface area contributed by atoms with Gasteiger partial charge in [-0.05, 0) is 5.56 Å². The fourth-order valence-electron chi connectivity index (χ4n) is 1.41. The summed E-state index contributed by atoms with van der Waals surface area (Å²) < 4.78 is 0.881. The molecule has 0 spiro atoms. The van der Waals surface area contributed by atoms with E-state index >= 15 is 0 Å². The molecule has 1 rings (SSSR count). The first-order valence-corrected chi connectivity index (χ1v) is 6.74. The minimum atomic E-state index is -0.500. The average molecular weight is 254 g/mol. The van der Waals surface area contributed by atoms with E-state index < -0.39 is 6.10 Å². The molecule has 3 heteroatoms. The molecule has 1 aromatic carbocycles. The van der Waals surface area contributed by atoms with Crippen molar-refractivity contribution in [2.45, 2.75) is 32.1 Å². The van der Waals surface area contributed by atoms with Gasteiger partial charge in [0.1, 0.15) is 0 Å². The number of hydrogen-bond donors (Lipinski definition) is 1. The number of aliphatic hydroxyl groups excluding tert-OH is 1. The highest BCUT2D eigenvalue weighted by Gasteiger charge is 2.21. The van der Waals surface area contributed by atoms with Crippen LogP contribution in [0.5, 0.6) is 0 Å². The molecule has 0 heterocycles. The maximum Gasteiger partial charge on any atom is 0.0869 e. The average Bonchev–Trinajstić information content (AvgIpc) is 2.27. The van der Waals surface area contributed by atoms with Gasteiger partial charge in [0, 0.05) is 11.2 Å². The summed E-state index contributed by atoms with van der Waals surface area (Å²) in [4.78, 5) is 0. The van der Waals surface area contributed by atoms with Crippen molar-refractivity contribution in [2.24, 2.45) is 5.92 Å². The molecule has 0 radical (unpaired) electrons. The zero-order valence-electron chi connectivity index (χ0n) is 9.88. The van der Waals surface area contributed by atoms with Gasteiger partial charge in [0.25, 0.3) is 0 Å². The lowest BCUT2D eigenvalue weighted by molar-refractivity contribution is 0.149. The Balaban J connectivity index is 2.67. The number of hydrogen-bond acceptors (Lipinski definition) is 3. The van der Waals surface area contributed by atoms with Crippen molar-refractivity contribution < 1.29 is 5.11 Å². The Labute approximate surface area is 107 Å². The highest BCUT2D eigenvalue weighted by atomic mass is 32.2. The van der Waals surface area contributed by atoms with Crippen molar-refractivity contribution in [2.75, 3.05) is 0 Å². The molecule has 88 valence electrons. The van der Waals surface area contributed by atoms with Crippen LogP contribution in [0.15, 0.2) is 30.3 Å². The summed E-state index contributed by atoms with van der Waals surface area (Å²) in [5, 5.41) is 10.6. The maximum absolute atomic E-state index is 10.2. The van der Waals surface area contributed by atoms with E-state index in [0.717, 1.165) is 9.76 Å². The lowest BCUT2D eigenvalue weighted by Gasteiger charge is -2.20. The third kappa shape index (κ3) is 3.89. The standard InChI is InChI=1S/C13H18OS2/c1-9(2)16-13(15)10(3)12(14)11-7-5-4-6-8-11/h4-10,12,14H,1-3H3/t10-,12-/m0/s1. The largest absolute Gasteiger partial charge is 0.388 e. The van der Waals surface area contributed by atoms with Crippen LogP contribution in [0.1, 0.15) is 32.4 Å². The fourth-order valence-corrected chi connectivity index (χ4v) is 2.92. The van der Waals surface area contributed by atoms with Crippen LogP contribution in [0.25, 0.3) is 0 Å². The molecule has 0 unspecified atom stereocenters. The molecule has 0 aliphatic carbocycles. The summed E-state index contributed by atoms with van der Waals surface area (Å²) in [5.74, 6) is 0.00444. The summed E-state index contributed by atoms with van der Waals surface area (Å²) in [5.41, 5.74) is 0.932. The van der Waals surface area contributed by atoms with Gasteiger partial charge in [0.2, 0.25) is 0 Å². The zero-order valence-corrected chi connectivity index (χ0v) is 11.5. The molecule has 0 saturated carbocycles. The molecule has 0 aliphatic heterocycles. The van der Waals surface area contributed by atoms with Crippen LogP contribution < -0.4 is 0 Å². The van der Waals surface area contributed by atoms with Gasteiger partial charge >= 0.3 is 0 Å². The third-order valence-corrected chi connectivity index (χ3v) is 4.07. The van der Waals surface area contributed by atoms with Crippen molar-refractivity contribution >= 4 is 28.2 Å². The van der Waals surface area contributed by atoms with Crippen LogP contribution in [0.2, 0.25) is 0 Å². The molecule has 0 saturated heterocycles. The molecule has 0 bridgehead atoms. The van der Waals surface area contributed by atoms with Crippen LogP contribution in [0, 0.1) is 5.92 Å². The normalized spacial score (nSPS) is 14.8. The van der Waals surface area contributed by atoms with E-state index in [0.29, 0.717) is 5.25 Å². The molecular weight excluding hydrogens is 236 g/mol. The monoisotopic (exact) mass is 254 g/mol. The van der Waals surface area contributed by atoms with Gasteiger partial charge in [-0.1, -0.05) is 63.3 Å². The molecule has 1 N–H and O–H groups in total. The highest BCUT2D eigenvalue weighted by Crippen LogP contribution is 2.28. The second-order valence-electron chi connectivity index (χ2n) is 4.13. The van der Waals surface area contributed by atoms with E-state index in [4.69, 9.17) is 12.2 Å². The third-order valence-electron chi connectivity index (χ3n) is 2.34. The highest BCUT2D eigenvalue weighted by molar-refractivity contribution is 8.23. The van der Waals surface area contributed by atoms with E-state index in [1.165, 1.54) is 0 Å². The number of rotatable bonds is 4. The summed E-state index contributed by atoms with van der Waals surface area (Å²) in [6.45, 7) is 6.20. The van der Waals surface area contributed by atoms with Gasteiger partial charge in [-0.2, -0.15) is 0 Å². The smallest absolute Gasteiger partial charge is 0.0869 e. The lowest BCUT2D eigenvalue weighted by atomic mass is 9.99. The van der Waals surface area contributed by atoms with Crippen molar-refractivity contribution in [1.29, 1.82) is 0 Å². The Morgan fingerprint density at radius 1 is 1.19 bits per heavy atom. The van der Waals surface area contributed by atoms with Gasteiger partial charge in [-0.3, -0.25) is 0 Å². The second-order valence-corrected chi connectivity index (χ2v) is 6.45. The lowest BCUT2D eigenvalue weighted by Crippen LogP contribution is -2.16. The molecule has 0 aromatic heterocycles. The van der Waals surface area contributed by atoms with E-state index in [1.54, 1.807) is 11.8 Å². The SMILES string of the molecule is CC(C)SC(=S)[C@@H](C)[C@H](O)c1ccccc1. The second kappa shape index (κ2) is 6.38. The van der Waals surface area contributed by atoms with Crippen molar-refractivity contribution in [3.05, 3.63) is 35.9 Å². The number of aliphatic hydroxyl groups is 1. The van der Waals surface area contributed by atoms with Crippen LogP contribution in [-0.4, -0.2) is 14.6 Å². The van der Waals surface area contributed by atoms with E-state index in [1.807, 2.05) is 37.3 Å². The molecular formula is C13H18OS2. The van der Waals surface area contributed by atoms with E-state index in [2.05, 4.69) is 13.8 Å². The Morgan fingerprint density at radius 2 is 1.75 bits per heavy atom. The molecule has 0 aliphatic rings. The van der Waals surface area contributed by atoms with Crippen molar-refractivity contribution in [3.63, 3.8) is 0 Å². The van der Waals surface area contributed by atoms with Crippen molar-refractivity contribution in [3.8, 4) is 0 Å². The molecule has 1 aromatic rings. The molecule has 16 heavy (non-hydrogen) atoms. The number of benzene rings is 1. The van der Waals surface area contributed by atoms with E-state index in [9.17, 15) is 5.11 Å². The summed E-state index contributed by atoms with van der Waals surface area (Å²) in [6, 6.07) is 9.68. The van der Waals surface area contributed by atoms with Crippen LogP contribution in [0.4, 0.5) is 0 Å². The predicted octanol–water partition coefficient (Wildman–Crippen LogP) is 3.83. The molecule has 2 atom stereocenters. The minimum absolute atomic E-state index is 0.00444. The first-order chi connectivity index (χ1) is 7.52. The van der Waals surface area contributed by atoms with Gasteiger partial charge in [0.05, 0.1) is 10.3 Å². The van der Waals surface area contributed by atoms with Crippen LogP contribution in [0.3, 0.4) is 0 Å². The minimum Gasteiger partial charge on any atom is -0.388 e. The Kier molecular flexibility index (Phi) is 5.46. The van der Waals surface area contributed by atoms with E-state index in [-0.39, 0.29) is 5.92 Å². The first-order valence-electron chi connectivity index (χ1n) is 5.46. The Morgan fingerprint density at radius 3 is 2.25 bits per heavy atom. The number of thiocarbonyl (C=S) groups is 1. The summed E-state index contributed by atoms with van der Waals surface area (Å²) in [6.07, 6.45) is -0.500. The summed E-state index contributed by atoms with van der Waals surface area (Å²) >= 11 is 6.99.